The van der Waals surface area contributed by atoms with Crippen LogP contribution in [-0.2, 0) is 6.54 Å². The molecule has 1 aromatic rings. The van der Waals surface area contributed by atoms with Crippen LogP contribution in [0, 0.1) is 0 Å². The quantitative estimate of drug-likeness (QED) is 0.247. The number of benzene rings is 1. The van der Waals surface area contributed by atoms with E-state index in [2.05, 4.69) is 46.6 Å². The van der Waals surface area contributed by atoms with E-state index in [1.165, 1.54) is 6.42 Å². The number of nitrogens with zero attached hydrogens (tertiary/aromatic N) is 2. The van der Waals surface area contributed by atoms with Gasteiger partial charge in [0.15, 0.2) is 5.96 Å². The van der Waals surface area contributed by atoms with Crippen molar-refractivity contribution in [2.45, 2.75) is 53.1 Å². The van der Waals surface area contributed by atoms with E-state index >= 15 is 0 Å². The minimum absolute atomic E-state index is 0. The molecule has 6 nitrogen and oxygen atoms in total. The number of rotatable bonds is 11. The lowest BCUT2D eigenvalue weighted by Crippen LogP contribution is -2.42. The van der Waals surface area contributed by atoms with Crippen molar-refractivity contribution >= 4 is 35.8 Å². The molecule has 0 saturated heterocycles. The average Bonchev–Trinajstić information content (AvgIpc) is 2.68. The van der Waals surface area contributed by atoms with Crippen LogP contribution in [0.1, 0.15) is 56.5 Å². The Morgan fingerprint density at radius 1 is 1.18 bits per heavy atom. The minimum Gasteiger partial charge on any atom is -0.354 e. The van der Waals surface area contributed by atoms with Crippen molar-refractivity contribution in [2.24, 2.45) is 4.99 Å². The summed E-state index contributed by atoms with van der Waals surface area (Å²) in [5.74, 6) is 0.748. The predicted octanol–water partition coefficient (Wildman–Crippen LogP) is 3.23. The van der Waals surface area contributed by atoms with Crippen LogP contribution in [0.5, 0.6) is 0 Å². The second-order valence-corrected chi connectivity index (χ2v) is 6.70. The second-order valence-electron chi connectivity index (χ2n) is 6.70. The van der Waals surface area contributed by atoms with Crippen LogP contribution in [0.3, 0.4) is 0 Å². The van der Waals surface area contributed by atoms with E-state index in [-0.39, 0.29) is 29.9 Å². The van der Waals surface area contributed by atoms with Crippen LogP contribution in [0.2, 0.25) is 0 Å². The van der Waals surface area contributed by atoms with Crippen molar-refractivity contribution in [1.82, 2.24) is 20.9 Å². The Hall–Kier alpha value is -1.35. The Balaban J connectivity index is 0.00000729. The maximum atomic E-state index is 12.0. The van der Waals surface area contributed by atoms with Crippen molar-refractivity contribution in [2.75, 3.05) is 33.2 Å². The lowest BCUT2D eigenvalue weighted by molar-refractivity contribution is 0.0955. The van der Waals surface area contributed by atoms with Gasteiger partial charge >= 0.3 is 0 Å². The molecule has 1 rings (SSSR count). The molecule has 1 unspecified atom stereocenters. The van der Waals surface area contributed by atoms with E-state index in [4.69, 9.17) is 0 Å². The zero-order chi connectivity index (χ0) is 20.1. The van der Waals surface area contributed by atoms with E-state index in [1.807, 2.05) is 31.2 Å². The van der Waals surface area contributed by atoms with Crippen molar-refractivity contribution < 1.29 is 4.79 Å². The largest absolute Gasteiger partial charge is 0.354 e. The molecule has 160 valence electrons. The second kappa shape index (κ2) is 15.6. The van der Waals surface area contributed by atoms with Gasteiger partial charge < -0.3 is 20.9 Å². The van der Waals surface area contributed by atoms with Crippen LogP contribution in [0.25, 0.3) is 0 Å². The number of hydrogen-bond donors (Lipinski definition) is 3. The van der Waals surface area contributed by atoms with Gasteiger partial charge in [-0.2, -0.15) is 0 Å². The maximum absolute atomic E-state index is 12.0. The molecule has 0 bridgehead atoms. The number of halogens is 1. The van der Waals surface area contributed by atoms with Crippen LogP contribution in [0.15, 0.2) is 29.3 Å². The first kappa shape index (κ1) is 26.6. The standard InChI is InChI=1S/C21H37N5O.HI/c1-6-23-20(27)19-13-9-12-18(15-19)16-24-21(22-5)25-17(4)11-10-14-26(7-2)8-3;/h9,12-13,15,17H,6-8,10-11,14,16H2,1-5H3,(H,23,27)(H2,22,24,25);1H. The van der Waals surface area contributed by atoms with Gasteiger partial charge in [0.05, 0.1) is 0 Å². The first-order valence-corrected chi connectivity index (χ1v) is 10.1. The van der Waals surface area contributed by atoms with E-state index in [1.54, 1.807) is 7.05 Å². The molecule has 0 spiro atoms. The molecule has 0 aliphatic carbocycles. The number of carbonyl (C=O) groups excluding carboxylic acids is 1. The zero-order valence-electron chi connectivity index (χ0n) is 18.0. The van der Waals surface area contributed by atoms with Gasteiger partial charge in [-0.25, -0.2) is 0 Å². The number of carbonyl (C=O) groups is 1. The fourth-order valence-corrected chi connectivity index (χ4v) is 2.93. The summed E-state index contributed by atoms with van der Waals surface area (Å²) in [6, 6.07) is 8.02. The fourth-order valence-electron chi connectivity index (χ4n) is 2.93. The van der Waals surface area contributed by atoms with E-state index in [0.717, 1.165) is 37.6 Å². The molecule has 0 fully saturated rings. The molecular weight excluding hydrogens is 465 g/mol. The number of hydrogen-bond acceptors (Lipinski definition) is 3. The summed E-state index contributed by atoms with van der Waals surface area (Å²) >= 11 is 0. The first-order chi connectivity index (χ1) is 13.0. The highest BCUT2D eigenvalue weighted by molar-refractivity contribution is 14.0. The SMILES string of the molecule is CCNC(=O)c1cccc(CNC(=NC)NC(C)CCCN(CC)CC)c1.I. The molecule has 28 heavy (non-hydrogen) atoms. The van der Waals surface area contributed by atoms with E-state index in [9.17, 15) is 4.79 Å². The monoisotopic (exact) mass is 503 g/mol. The molecule has 0 aliphatic heterocycles. The molecule has 0 aliphatic rings. The van der Waals surface area contributed by atoms with Crippen LogP contribution in [-0.4, -0.2) is 56.0 Å². The summed E-state index contributed by atoms with van der Waals surface area (Å²) in [4.78, 5) is 18.7. The fraction of sp³-hybridized carbons (Fsp3) is 0.619. The van der Waals surface area contributed by atoms with Gasteiger partial charge in [0.25, 0.3) is 5.91 Å². The van der Waals surface area contributed by atoms with Crippen LogP contribution < -0.4 is 16.0 Å². The van der Waals surface area contributed by atoms with Crippen molar-refractivity contribution in [3.63, 3.8) is 0 Å². The Kier molecular flexibility index (Phi) is 14.8. The van der Waals surface area contributed by atoms with Crippen LogP contribution >= 0.6 is 24.0 Å². The molecule has 1 atom stereocenters. The van der Waals surface area contributed by atoms with Gasteiger partial charge in [-0.15, -0.1) is 24.0 Å². The molecule has 1 aromatic carbocycles. The summed E-state index contributed by atoms with van der Waals surface area (Å²) in [5.41, 5.74) is 1.74. The van der Waals surface area contributed by atoms with Gasteiger partial charge in [0, 0.05) is 31.7 Å². The van der Waals surface area contributed by atoms with Gasteiger partial charge in [0.2, 0.25) is 0 Å². The summed E-state index contributed by atoms with van der Waals surface area (Å²) < 4.78 is 0. The van der Waals surface area contributed by atoms with Gasteiger partial charge in [0.1, 0.15) is 0 Å². The first-order valence-electron chi connectivity index (χ1n) is 10.1. The van der Waals surface area contributed by atoms with Crippen molar-refractivity contribution in [3.8, 4) is 0 Å². The third kappa shape index (κ3) is 10.3. The molecular formula is C21H38IN5O. The summed E-state index contributed by atoms with van der Waals surface area (Å²) in [5, 5.41) is 9.61. The third-order valence-corrected chi connectivity index (χ3v) is 4.60. The Morgan fingerprint density at radius 2 is 1.89 bits per heavy atom. The molecule has 0 heterocycles. The lowest BCUT2D eigenvalue weighted by Gasteiger charge is -2.21. The normalized spacial score (nSPS) is 12.3. The summed E-state index contributed by atoms with van der Waals surface area (Å²) in [6.07, 6.45) is 2.27. The smallest absolute Gasteiger partial charge is 0.251 e. The van der Waals surface area contributed by atoms with Gasteiger partial charge in [-0.1, -0.05) is 26.0 Å². The number of aliphatic imine (C=N–C) groups is 1. The van der Waals surface area contributed by atoms with Gasteiger partial charge in [-0.3, -0.25) is 9.79 Å². The minimum atomic E-state index is -0.0383. The Labute approximate surface area is 188 Å². The lowest BCUT2D eigenvalue weighted by atomic mass is 10.1. The highest BCUT2D eigenvalue weighted by Gasteiger charge is 2.08. The van der Waals surface area contributed by atoms with E-state index in [0.29, 0.717) is 24.7 Å². The molecule has 0 saturated carbocycles. The number of guanidine groups is 1. The summed E-state index contributed by atoms with van der Waals surface area (Å²) in [7, 11) is 1.78. The molecule has 7 heteroatoms. The molecule has 1 amide bonds. The van der Waals surface area contributed by atoms with Crippen LogP contribution in [0.4, 0.5) is 0 Å². The van der Waals surface area contributed by atoms with Crippen molar-refractivity contribution in [1.29, 1.82) is 0 Å². The van der Waals surface area contributed by atoms with E-state index < -0.39 is 0 Å². The predicted molar refractivity (Wildman–Crippen MR) is 130 cm³/mol. The van der Waals surface area contributed by atoms with Crippen molar-refractivity contribution in [3.05, 3.63) is 35.4 Å². The zero-order valence-corrected chi connectivity index (χ0v) is 20.4. The average molecular weight is 503 g/mol. The third-order valence-electron chi connectivity index (χ3n) is 4.60. The molecule has 3 N–H and O–H groups in total. The topological polar surface area (TPSA) is 68.8 Å². The molecule has 0 radical (unpaired) electrons. The highest BCUT2D eigenvalue weighted by Crippen LogP contribution is 2.05. The highest BCUT2D eigenvalue weighted by atomic mass is 127. The summed E-state index contributed by atoms with van der Waals surface area (Å²) in [6.45, 7) is 13.1. The number of amides is 1. The Bertz CT molecular complexity index is 590. The molecule has 0 aromatic heterocycles. The number of nitrogens with one attached hydrogen (secondary N) is 3. The Morgan fingerprint density at radius 3 is 2.50 bits per heavy atom. The van der Waals surface area contributed by atoms with Gasteiger partial charge in [-0.05, 0) is 64.0 Å². The maximum Gasteiger partial charge on any atom is 0.251 e.